The molecule has 13 heteroatoms. The van der Waals surface area contributed by atoms with E-state index in [0.29, 0.717) is 0 Å². The van der Waals surface area contributed by atoms with Gasteiger partial charge in [0.2, 0.25) is 5.91 Å². The maximum absolute atomic E-state index is 14.5. The molecule has 9 nitrogen and oxygen atoms in total. The van der Waals surface area contributed by atoms with Crippen molar-refractivity contribution in [2.75, 3.05) is 9.80 Å². The Kier molecular flexibility index (Phi) is 7.84. The van der Waals surface area contributed by atoms with Crippen molar-refractivity contribution in [2.45, 2.75) is 56.0 Å². The number of hydrogen-bond acceptors (Lipinski definition) is 7. The van der Waals surface area contributed by atoms with E-state index in [9.17, 15) is 33.1 Å². The highest BCUT2D eigenvalue weighted by Crippen LogP contribution is 2.40. The zero-order valence-corrected chi connectivity index (χ0v) is 22.2. The third-order valence-electron chi connectivity index (χ3n) is 7.13. The van der Waals surface area contributed by atoms with Crippen molar-refractivity contribution in [1.29, 1.82) is 5.26 Å². The number of amides is 2. The molecule has 3 aromatic rings. The summed E-state index contributed by atoms with van der Waals surface area (Å²) in [6, 6.07) is 8.66. The minimum absolute atomic E-state index is 0.0888. The zero-order valence-electron chi connectivity index (χ0n) is 21.4. The molecule has 3 heterocycles. The SMILES string of the molecule is N#Cc1ccnc(N2C(O)CC[C@H]2C(=O)N(c2cncc(F)c2)[C@H](C(=O)NC2CC(F)(F)C2)c2ccccc2Cl)c1. The van der Waals surface area contributed by atoms with Gasteiger partial charge in [-0.15, -0.1) is 0 Å². The van der Waals surface area contributed by atoms with Gasteiger partial charge in [0.05, 0.1) is 29.7 Å². The Hall–Kier alpha value is -4.21. The Morgan fingerprint density at radius 2 is 1.95 bits per heavy atom. The lowest BCUT2D eigenvalue weighted by atomic mass is 9.87. The first-order valence-corrected chi connectivity index (χ1v) is 13.1. The van der Waals surface area contributed by atoms with Crippen molar-refractivity contribution in [3.05, 3.63) is 83.0 Å². The van der Waals surface area contributed by atoms with Crippen LogP contribution in [0.3, 0.4) is 0 Å². The third kappa shape index (κ3) is 5.82. The average molecular weight is 585 g/mol. The Morgan fingerprint density at radius 1 is 1.20 bits per heavy atom. The van der Waals surface area contributed by atoms with Gasteiger partial charge >= 0.3 is 0 Å². The highest BCUT2D eigenvalue weighted by atomic mass is 35.5. The molecule has 1 saturated carbocycles. The lowest BCUT2D eigenvalue weighted by Crippen LogP contribution is -2.56. The van der Waals surface area contributed by atoms with Crippen molar-refractivity contribution in [3.63, 3.8) is 0 Å². The number of aliphatic hydroxyl groups excluding tert-OH is 1. The molecule has 1 aliphatic heterocycles. The first-order chi connectivity index (χ1) is 19.6. The van der Waals surface area contributed by atoms with Crippen molar-refractivity contribution in [1.82, 2.24) is 15.3 Å². The molecular formula is C28H24ClF3N6O3. The van der Waals surface area contributed by atoms with Gasteiger partial charge in [-0.1, -0.05) is 29.8 Å². The average Bonchev–Trinajstić information content (AvgIpc) is 3.32. The summed E-state index contributed by atoms with van der Waals surface area (Å²) in [7, 11) is 0. The second-order valence-electron chi connectivity index (χ2n) is 9.96. The van der Waals surface area contributed by atoms with Gasteiger partial charge in [-0.25, -0.2) is 18.2 Å². The molecule has 0 radical (unpaired) electrons. The van der Waals surface area contributed by atoms with E-state index in [2.05, 4.69) is 15.3 Å². The van der Waals surface area contributed by atoms with Crippen LogP contribution in [-0.2, 0) is 9.59 Å². The minimum Gasteiger partial charge on any atom is -0.374 e. The molecule has 1 unspecified atom stereocenters. The van der Waals surface area contributed by atoms with Gasteiger partial charge in [-0.05, 0) is 31.0 Å². The Labute approximate surface area is 238 Å². The normalized spacial score (nSPS) is 20.5. The number of rotatable bonds is 7. The number of nitriles is 1. The molecule has 1 saturated heterocycles. The van der Waals surface area contributed by atoms with Crippen LogP contribution in [0.5, 0.6) is 0 Å². The summed E-state index contributed by atoms with van der Waals surface area (Å²) in [4.78, 5) is 38.6. The van der Waals surface area contributed by atoms with E-state index < -0.39 is 60.7 Å². The van der Waals surface area contributed by atoms with Crippen LogP contribution in [0.15, 0.2) is 61.1 Å². The molecule has 2 N–H and O–H groups in total. The fourth-order valence-electron chi connectivity index (χ4n) is 5.21. The highest BCUT2D eigenvalue weighted by Gasteiger charge is 2.48. The van der Waals surface area contributed by atoms with Gasteiger partial charge < -0.3 is 15.3 Å². The smallest absolute Gasteiger partial charge is 0.252 e. The third-order valence-corrected chi connectivity index (χ3v) is 7.47. The molecule has 41 heavy (non-hydrogen) atoms. The van der Waals surface area contributed by atoms with E-state index in [1.807, 2.05) is 6.07 Å². The predicted molar refractivity (Wildman–Crippen MR) is 142 cm³/mol. The predicted octanol–water partition coefficient (Wildman–Crippen LogP) is 4.12. The maximum atomic E-state index is 14.5. The fourth-order valence-corrected chi connectivity index (χ4v) is 5.45. The first-order valence-electron chi connectivity index (χ1n) is 12.8. The molecule has 1 aliphatic carbocycles. The summed E-state index contributed by atoms with van der Waals surface area (Å²) in [5.41, 5.74) is 0.330. The second kappa shape index (κ2) is 11.3. The topological polar surface area (TPSA) is 122 Å². The van der Waals surface area contributed by atoms with Gasteiger partial charge in [0.25, 0.3) is 11.8 Å². The number of carbonyl (C=O) groups is 2. The summed E-state index contributed by atoms with van der Waals surface area (Å²) in [5.74, 6) is -5.07. The van der Waals surface area contributed by atoms with Gasteiger partial charge in [-0.3, -0.25) is 19.5 Å². The van der Waals surface area contributed by atoms with E-state index in [1.165, 1.54) is 41.6 Å². The van der Waals surface area contributed by atoms with Crippen LogP contribution in [0.2, 0.25) is 5.02 Å². The maximum Gasteiger partial charge on any atom is 0.252 e. The number of aliphatic hydroxyl groups is 1. The minimum atomic E-state index is -2.91. The number of nitrogens with one attached hydrogen (secondary N) is 1. The number of carbonyl (C=O) groups excluding carboxylic acids is 2. The molecule has 0 spiro atoms. The summed E-state index contributed by atoms with van der Waals surface area (Å²) >= 11 is 6.48. The highest BCUT2D eigenvalue weighted by molar-refractivity contribution is 6.31. The Morgan fingerprint density at radius 3 is 2.63 bits per heavy atom. The van der Waals surface area contributed by atoms with Crippen molar-refractivity contribution in [3.8, 4) is 6.07 Å². The van der Waals surface area contributed by atoms with Crippen LogP contribution >= 0.6 is 11.6 Å². The van der Waals surface area contributed by atoms with Crippen molar-refractivity contribution >= 4 is 34.9 Å². The summed E-state index contributed by atoms with van der Waals surface area (Å²) in [6.07, 6.45) is 1.50. The molecule has 212 valence electrons. The van der Waals surface area contributed by atoms with E-state index in [1.54, 1.807) is 12.1 Å². The molecule has 2 fully saturated rings. The summed E-state index contributed by atoms with van der Waals surface area (Å²) in [6.45, 7) is 0. The van der Waals surface area contributed by atoms with Crippen LogP contribution in [0, 0.1) is 17.1 Å². The Bertz CT molecular complexity index is 1510. The van der Waals surface area contributed by atoms with Crippen LogP contribution in [0.25, 0.3) is 0 Å². The molecular weight excluding hydrogens is 561 g/mol. The number of aromatic nitrogens is 2. The fraction of sp³-hybridized carbons (Fsp3) is 0.321. The Balaban J connectivity index is 1.60. The molecule has 5 rings (SSSR count). The molecule has 2 amide bonds. The molecule has 2 aromatic heterocycles. The number of pyridine rings is 2. The summed E-state index contributed by atoms with van der Waals surface area (Å²) in [5, 5.41) is 22.9. The van der Waals surface area contributed by atoms with Crippen LogP contribution in [0.4, 0.5) is 24.7 Å². The van der Waals surface area contributed by atoms with E-state index >= 15 is 0 Å². The van der Waals surface area contributed by atoms with E-state index in [4.69, 9.17) is 11.6 Å². The number of nitrogens with zero attached hydrogens (tertiary/aromatic N) is 5. The van der Waals surface area contributed by atoms with E-state index in [-0.39, 0.29) is 40.5 Å². The molecule has 1 aromatic carbocycles. The quantitative estimate of drug-likeness (QED) is 0.428. The number of halogens is 4. The number of alkyl halides is 2. The largest absolute Gasteiger partial charge is 0.374 e. The van der Waals surface area contributed by atoms with Gasteiger partial charge in [0.15, 0.2) is 0 Å². The van der Waals surface area contributed by atoms with Gasteiger partial charge in [-0.2, -0.15) is 5.26 Å². The molecule has 0 bridgehead atoms. The standard InChI is InChI=1S/C28H24ClF3N6O3/c29-21-4-2-1-3-20(21)25(26(40)36-18-11-28(31,32)12-18)37(19-10-17(30)14-34-15-19)27(41)22-5-6-24(39)38(22)23-9-16(13-33)7-8-35-23/h1-4,7-10,14-15,18,22,24-25,39H,5-6,11-12H2,(H,36,40)/t22-,24?,25-/m0/s1. The molecule has 3 atom stereocenters. The van der Waals surface area contributed by atoms with Crippen LogP contribution in [0.1, 0.15) is 42.9 Å². The van der Waals surface area contributed by atoms with Crippen LogP contribution in [-0.4, -0.2) is 51.1 Å². The molecule has 2 aliphatic rings. The van der Waals surface area contributed by atoms with Crippen molar-refractivity contribution in [2.24, 2.45) is 0 Å². The number of hydrogen-bond donors (Lipinski definition) is 2. The number of anilines is 2. The second-order valence-corrected chi connectivity index (χ2v) is 10.4. The van der Waals surface area contributed by atoms with Gasteiger partial charge in [0.1, 0.15) is 29.9 Å². The summed E-state index contributed by atoms with van der Waals surface area (Å²) < 4.78 is 41.6. The number of benzene rings is 1. The first kappa shape index (κ1) is 28.3. The van der Waals surface area contributed by atoms with Crippen LogP contribution < -0.4 is 15.1 Å². The lowest BCUT2D eigenvalue weighted by molar-refractivity contribution is -0.133. The van der Waals surface area contributed by atoms with Crippen molar-refractivity contribution < 1.29 is 27.9 Å². The zero-order chi connectivity index (χ0) is 29.3. The monoisotopic (exact) mass is 584 g/mol. The lowest BCUT2D eigenvalue weighted by Gasteiger charge is -2.39. The van der Waals surface area contributed by atoms with Gasteiger partial charge in [0, 0.05) is 41.7 Å². The van der Waals surface area contributed by atoms with E-state index in [0.717, 1.165) is 17.2 Å².